The van der Waals surface area contributed by atoms with Gasteiger partial charge in [0.25, 0.3) is 0 Å². The third-order valence-corrected chi connectivity index (χ3v) is 6.52. The van der Waals surface area contributed by atoms with E-state index in [9.17, 15) is 0 Å². The van der Waals surface area contributed by atoms with E-state index in [1.54, 1.807) is 0 Å². The summed E-state index contributed by atoms with van der Waals surface area (Å²) in [5, 5.41) is 0.770. The topological polar surface area (TPSA) is 58.5 Å². The molecule has 6 N–H and O–H groups in total. The summed E-state index contributed by atoms with van der Waals surface area (Å²) >= 11 is 6.66. The maximum Gasteiger partial charge on any atom is 0.0751 e. The molecule has 0 atom stereocenters. The molecule has 0 aromatic heterocycles. The summed E-state index contributed by atoms with van der Waals surface area (Å²) in [7, 11) is 0. The van der Waals surface area contributed by atoms with E-state index < -0.39 is 0 Å². The number of quaternary nitrogens is 2. The number of hydrogen-bond acceptors (Lipinski definition) is 1. The van der Waals surface area contributed by atoms with Crippen molar-refractivity contribution >= 4 is 22.9 Å². The van der Waals surface area contributed by atoms with Crippen LogP contribution in [-0.4, -0.2) is 26.2 Å². The zero-order valence-electron chi connectivity index (χ0n) is 19.7. The fraction of sp³-hybridized carbons (Fsp3) is 0.333. The lowest BCUT2D eigenvalue weighted by Crippen LogP contribution is -3.00. The zero-order chi connectivity index (χ0) is 22.3. The highest BCUT2D eigenvalue weighted by Gasteiger charge is 2.27. The lowest BCUT2D eigenvalue weighted by Gasteiger charge is -2.28. The van der Waals surface area contributed by atoms with Crippen LogP contribution in [0.25, 0.3) is 5.57 Å². The normalized spacial score (nSPS) is 13.8. The number of benzene rings is 2. The average Bonchev–Trinajstić information content (AvgIpc) is 2.79. The summed E-state index contributed by atoms with van der Waals surface area (Å²) in [5.74, 6) is 0. The molecule has 1 aliphatic carbocycles. The maximum atomic E-state index is 6.66. The Bertz CT molecular complexity index is 937. The molecule has 6 heteroatoms. The number of halogens is 3. The molecule has 0 heterocycles. The lowest BCUT2D eigenvalue weighted by molar-refractivity contribution is -0.379. The molecule has 2 aromatic rings. The molecule has 0 bridgehead atoms. The van der Waals surface area contributed by atoms with E-state index in [0.29, 0.717) is 0 Å². The van der Waals surface area contributed by atoms with E-state index in [1.165, 1.54) is 22.4 Å². The van der Waals surface area contributed by atoms with Crippen LogP contribution >= 0.6 is 11.6 Å². The second-order valence-electron chi connectivity index (χ2n) is 8.14. The van der Waals surface area contributed by atoms with Crippen molar-refractivity contribution in [1.29, 1.82) is 0 Å². The predicted octanol–water partition coefficient (Wildman–Crippen LogP) is -1.63. The minimum atomic E-state index is 0. The monoisotopic (exact) mass is 507 g/mol. The van der Waals surface area contributed by atoms with Gasteiger partial charge in [-0.15, -0.1) is 0 Å². The molecule has 0 spiro atoms. The van der Waals surface area contributed by atoms with Gasteiger partial charge in [-0.2, -0.15) is 0 Å². The molecule has 180 valence electrons. The fourth-order valence-electron chi connectivity index (χ4n) is 4.48. The van der Waals surface area contributed by atoms with Crippen molar-refractivity contribution in [1.82, 2.24) is 0 Å². The molecular weight excluding hydrogens is 473 g/mol. The third-order valence-electron chi connectivity index (χ3n) is 6.19. The first kappa shape index (κ1) is 29.3. The summed E-state index contributed by atoms with van der Waals surface area (Å²) < 4.78 is 0. The van der Waals surface area contributed by atoms with Crippen LogP contribution in [0.2, 0.25) is 5.02 Å². The second-order valence-corrected chi connectivity index (χ2v) is 8.54. The van der Waals surface area contributed by atoms with Gasteiger partial charge < -0.3 is 41.2 Å². The Morgan fingerprint density at radius 2 is 1.39 bits per heavy atom. The predicted molar refractivity (Wildman–Crippen MR) is 133 cm³/mol. The average molecular weight is 509 g/mol. The molecule has 2 aromatic carbocycles. The summed E-state index contributed by atoms with van der Waals surface area (Å²) in [4.78, 5) is 2.36. The van der Waals surface area contributed by atoms with Gasteiger partial charge in [0.15, 0.2) is 0 Å². The Balaban J connectivity index is 0.00000272. The molecule has 0 unspecified atom stereocenters. The number of allylic oxidation sites excluding steroid dienone is 5. The smallest absolute Gasteiger partial charge is 0.0751 e. The largest absolute Gasteiger partial charge is 1.00 e. The van der Waals surface area contributed by atoms with E-state index >= 15 is 0 Å². The first-order valence-electron chi connectivity index (χ1n) is 11.4. The Labute approximate surface area is 216 Å². The van der Waals surface area contributed by atoms with E-state index in [0.717, 1.165) is 49.6 Å². The molecular formula is C27H36Cl3N3. The number of hydrogen-bond donors (Lipinski definition) is 2. The molecule has 0 aliphatic heterocycles. The highest BCUT2D eigenvalue weighted by Crippen LogP contribution is 2.39. The van der Waals surface area contributed by atoms with E-state index in [1.807, 2.05) is 12.1 Å². The van der Waals surface area contributed by atoms with Gasteiger partial charge in [0.05, 0.1) is 13.1 Å². The van der Waals surface area contributed by atoms with Gasteiger partial charge in [-0.1, -0.05) is 66.2 Å². The fourth-order valence-corrected chi connectivity index (χ4v) is 4.71. The van der Waals surface area contributed by atoms with Gasteiger partial charge in [-0.3, -0.25) is 0 Å². The van der Waals surface area contributed by atoms with Gasteiger partial charge >= 0.3 is 0 Å². The Hall–Kier alpha value is -1.75. The van der Waals surface area contributed by atoms with Crippen LogP contribution < -0.4 is 41.2 Å². The molecule has 0 saturated carbocycles. The lowest BCUT2D eigenvalue weighted by atomic mass is 9.76. The van der Waals surface area contributed by atoms with Crippen LogP contribution in [0.4, 0.5) is 5.69 Å². The highest BCUT2D eigenvalue weighted by molar-refractivity contribution is 6.32. The molecule has 3 nitrogen and oxygen atoms in total. The van der Waals surface area contributed by atoms with Gasteiger partial charge in [0.1, 0.15) is 0 Å². The van der Waals surface area contributed by atoms with Crippen molar-refractivity contribution in [2.24, 2.45) is 5.41 Å². The van der Waals surface area contributed by atoms with Crippen molar-refractivity contribution in [3.05, 3.63) is 94.6 Å². The van der Waals surface area contributed by atoms with Gasteiger partial charge in [-0.25, -0.2) is 0 Å². The number of nitrogens with zero attached hydrogens (tertiary/aromatic N) is 1. The summed E-state index contributed by atoms with van der Waals surface area (Å²) in [6.07, 6.45) is 11.3. The van der Waals surface area contributed by atoms with Crippen LogP contribution in [0.3, 0.4) is 0 Å². The maximum absolute atomic E-state index is 6.66. The van der Waals surface area contributed by atoms with Crippen molar-refractivity contribution in [3.8, 4) is 0 Å². The van der Waals surface area contributed by atoms with Crippen LogP contribution in [0.1, 0.15) is 37.8 Å². The molecule has 33 heavy (non-hydrogen) atoms. The molecule has 0 saturated heterocycles. The van der Waals surface area contributed by atoms with Gasteiger partial charge in [0, 0.05) is 47.6 Å². The molecule has 0 radical (unpaired) electrons. The SMILES string of the molecule is CCN(CC)c1ccc(C(=C2C=CC(CC[NH3+])(CC[NH3+])C=C2)c2ccccc2Cl)cc1.[Cl-].[Cl-]. The Morgan fingerprint density at radius 1 is 0.848 bits per heavy atom. The quantitative estimate of drug-likeness (QED) is 0.420. The van der Waals surface area contributed by atoms with Crippen LogP contribution in [0, 0.1) is 5.41 Å². The van der Waals surface area contributed by atoms with Crippen molar-refractivity contribution in [2.75, 3.05) is 31.1 Å². The van der Waals surface area contributed by atoms with E-state index in [2.05, 4.69) is 90.9 Å². The Kier molecular flexibility index (Phi) is 12.3. The molecule has 3 rings (SSSR count). The third kappa shape index (κ3) is 6.88. The van der Waals surface area contributed by atoms with E-state index in [-0.39, 0.29) is 30.2 Å². The highest BCUT2D eigenvalue weighted by atomic mass is 35.5. The van der Waals surface area contributed by atoms with Gasteiger partial charge in [0.2, 0.25) is 0 Å². The zero-order valence-corrected chi connectivity index (χ0v) is 21.9. The first-order valence-corrected chi connectivity index (χ1v) is 11.8. The summed E-state index contributed by atoms with van der Waals surface area (Å²) in [5.41, 5.74) is 14.1. The summed E-state index contributed by atoms with van der Waals surface area (Å²) in [6.45, 7) is 8.21. The van der Waals surface area contributed by atoms with Gasteiger partial charge in [-0.05, 0) is 48.8 Å². The second kappa shape index (κ2) is 13.8. The number of rotatable bonds is 9. The number of anilines is 1. The molecule has 0 amide bonds. The minimum Gasteiger partial charge on any atom is -1.00 e. The van der Waals surface area contributed by atoms with Crippen LogP contribution in [0.15, 0.2) is 78.4 Å². The summed E-state index contributed by atoms with van der Waals surface area (Å²) in [6, 6.07) is 17.0. The van der Waals surface area contributed by atoms with Crippen LogP contribution in [0.5, 0.6) is 0 Å². The minimum absolute atomic E-state index is 0. The van der Waals surface area contributed by atoms with Crippen molar-refractivity contribution in [2.45, 2.75) is 26.7 Å². The molecule has 0 fully saturated rings. The Morgan fingerprint density at radius 3 is 1.88 bits per heavy atom. The van der Waals surface area contributed by atoms with Crippen molar-refractivity contribution in [3.63, 3.8) is 0 Å². The molecule has 1 aliphatic rings. The first-order chi connectivity index (χ1) is 15.1. The van der Waals surface area contributed by atoms with Crippen LogP contribution in [-0.2, 0) is 0 Å². The van der Waals surface area contributed by atoms with Crippen molar-refractivity contribution < 1.29 is 36.3 Å². The standard InChI is InChI=1S/C27H34ClN3.2ClH/c1-3-31(4-2)23-11-9-21(10-12-23)26(24-7-5-6-8-25(24)28)22-13-15-27(16-14-22,17-19-29)18-20-30;;/h5-16H,3-4,17-20,29-30H2,1-2H3;2*1H. The van der Waals surface area contributed by atoms with E-state index in [4.69, 9.17) is 11.6 Å².